The van der Waals surface area contributed by atoms with Gasteiger partial charge in [0.25, 0.3) is 0 Å². The van der Waals surface area contributed by atoms with Crippen LogP contribution in [-0.2, 0) is 4.79 Å². The molecule has 0 aliphatic carbocycles. The Hall–Kier alpha value is -3.97. The van der Waals surface area contributed by atoms with Gasteiger partial charge in [-0.1, -0.05) is 24.3 Å². The first-order chi connectivity index (χ1) is 17.0. The Balaban J connectivity index is 1.26. The number of amides is 1. The molecule has 2 N–H and O–H groups in total. The van der Waals surface area contributed by atoms with Crippen molar-refractivity contribution in [3.63, 3.8) is 0 Å². The summed E-state index contributed by atoms with van der Waals surface area (Å²) >= 11 is 0. The van der Waals surface area contributed by atoms with Crippen LogP contribution in [0.4, 0.5) is 11.5 Å². The minimum Gasteiger partial charge on any atom is -0.507 e. The fourth-order valence-corrected chi connectivity index (χ4v) is 4.52. The normalized spacial score (nSPS) is 14.3. The molecule has 0 saturated carbocycles. The van der Waals surface area contributed by atoms with Gasteiger partial charge in [-0.15, -0.1) is 0 Å². The van der Waals surface area contributed by atoms with Gasteiger partial charge in [-0.05, 0) is 72.5 Å². The highest BCUT2D eigenvalue weighted by molar-refractivity contribution is 5.92. The Morgan fingerprint density at radius 3 is 2.34 bits per heavy atom. The van der Waals surface area contributed by atoms with E-state index in [1.165, 1.54) is 0 Å². The summed E-state index contributed by atoms with van der Waals surface area (Å²) in [6.07, 6.45) is 1.83. The van der Waals surface area contributed by atoms with Gasteiger partial charge in [0.2, 0.25) is 5.91 Å². The molecule has 3 aromatic carbocycles. The second-order valence-electron chi connectivity index (χ2n) is 9.07. The molecule has 7 nitrogen and oxygen atoms in total. The molecule has 178 valence electrons. The van der Waals surface area contributed by atoms with Crippen molar-refractivity contribution in [2.75, 3.05) is 42.9 Å². The summed E-state index contributed by atoms with van der Waals surface area (Å²) in [5, 5.41) is 13.1. The highest BCUT2D eigenvalue weighted by Gasteiger charge is 2.20. The molecule has 2 heterocycles. The molecule has 0 bridgehead atoms. The monoisotopic (exact) mass is 467 g/mol. The van der Waals surface area contributed by atoms with Crippen LogP contribution in [0.3, 0.4) is 0 Å². The Morgan fingerprint density at radius 2 is 1.63 bits per heavy atom. The van der Waals surface area contributed by atoms with Gasteiger partial charge in [-0.25, -0.2) is 4.98 Å². The minimum atomic E-state index is 0.00220. The standard InChI is InChI=1S/C28H29N5O2/c1-19-14-22(15-20(2)28(19)35)21-8-9-24-25(16-21)31-26(17-29-24)33-12-10-32(11-13-33)18-27(34)30-23-6-4-3-5-7-23/h3-9,14-17,35H,10-13,18H2,1-2H3,(H,30,34). The van der Waals surface area contributed by atoms with Crippen LogP contribution in [0.1, 0.15) is 11.1 Å². The molecule has 1 fully saturated rings. The maximum absolute atomic E-state index is 12.4. The number of aromatic hydroxyl groups is 1. The van der Waals surface area contributed by atoms with E-state index in [2.05, 4.69) is 26.2 Å². The smallest absolute Gasteiger partial charge is 0.238 e. The topological polar surface area (TPSA) is 81.6 Å². The fraction of sp³-hybridized carbons (Fsp3) is 0.250. The summed E-state index contributed by atoms with van der Waals surface area (Å²) in [5.41, 5.74) is 6.32. The van der Waals surface area contributed by atoms with E-state index in [0.717, 1.165) is 71.0 Å². The van der Waals surface area contributed by atoms with Crippen molar-refractivity contribution in [3.8, 4) is 16.9 Å². The van der Waals surface area contributed by atoms with E-state index in [9.17, 15) is 9.90 Å². The molecular formula is C28H29N5O2. The number of carbonyl (C=O) groups is 1. The third-order valence-corrected chi connectivity index (χ3v) is 6.47. The molecule has 1 aliphatic heterocycles. The molecule has 1 amide bonds. The zero-order valence-corrected chi connectivity index (χ0v) is 20.0. The number of piperazine rings is 1. The molecule has 0 spiro atoms. The zero-order valence-electron chi connectivity index (χ0n) is 20.0. The molecule has 0 atom stereocenters. The van der Waals surface area contributed by atoms with E-state index in [1.807, 2.05) is 74.6 Å². The number of carbonyl (C=O) groups excluding carboxylic acids is 1. The largest absolute Gasteiger partial charge is 0.507 e. The lowest BCUT2D eigenvalue weighted by molar-refractivity contribution is -0.117. The zero-order chi connectivity index (χ0) is 24.4. The number of benzene rings is 3. The van der Waals surface area contributed by atoms with Crippen molar-refractivity contribution in [2.24, 2.45) is 0 Å². The Morgan fingerprint density at radius 1 is 0.914 bits per heavy atom. The Labute approximate surface area is 205 Å². The number of nitrogens with zero attached hydrogens (tertiary/aromatic N) is 4. The van der Waals surface area contributed by atoms with Gasteiger partial charge in [-0.2, -0.15) is 0 Å². The maximum Gasteiger partial charge on any atom is 0.238 e. The van der Waals surface area contributed by atoms with Gasteiger partial charge in [-0.3, -0.25) is 14.7 Å². The predicted octanol–water partition coefficient (Wildman–Crippen LogP) is 4.38. The van der Waals surface area contributed by atoms with Crippen molar-refractivity contribution < 1.29 is 9.90 Å². The van der Waals surface area contributed by atoms with Gasteiger partial charge in [0, 0.05) is 31.9 Å². The third kappa shape index (κ3) is 5.10. The number of aromatic nitrogens is 2. The molecule has 1 aromatic heterocycles. The first kappa shape index (κ1) is 22.8. The maximum atomic E-state index is 12.4. The van der Waals surface area contributed by atoms with E-state index < -0.39 is 0 Å². The molecule has 4 aromatic rings. The van der Waals surface area contributed by atoms with Crippen LogP contribution in [-0.4, -0.2) is 58.6 Å². The van der Waals surface area contributed by atoms with Crippen molar-refractivity contribution in [1.82, 2.24) is 14.9 Å². The second-order valence-corrected chi connectivity index (χ2v) is 9.07. The van der Waals surface area contributed by atoms with Crippen LogP contribution in [0.15, 0.2) is 66.9 Å². The average molecular weight is 468 g/mol. The van der Waals surface area contributed by atoms with Gasteiger partial charge in [0.15, 0.2) is 0 Å². The first-order valence-corrected chi connectivity index (χ1v) is 11.9. The van der Waals surface area contributed by atoms with Gasteiger partial charge >= 0.3 is 0 Å². The van der Waals surface area contributed by atoms with Gasteiger partial charge < -0.3 is 15.3 Å². The second kappa shape index (κ2) is 9.72. The number of aryl methyl sites for hydroxylation is 2. The molecule has 0 unspecified atom stereocenters. The summed E-state index contributed by atoms with van der Waals surface area (Å²) in [5.74, 6) is 1.19. The van der Waals surface area contributed by atoms with Crippen LogP contribution < -0.4 is 10.2 Å². The highest BCUT2D eigenvalue weighted by Crippen LogP contribution is 2.30. The van der Waals surface area contributed by atoms with Crippen molar-refractivity contribution in [1.29, 1.82) is 0 Å². The summed E-state index contributed by atoms with van der Waals surface area (Å²) in [6, 6.07) is 19.6. The molecule has 0 radical (unpaired) electrons. The van der Waals surface area contributed by atoms with E-state index in [1.54, 1.807) is 0 Å². The Kier molecular flexibility index (Phi) is 6.33. The molecule has 1 saturated heterocycles. The number of anilines is 2. The Bertz CT molecular complexity index is 1340. The van der Waals surface area contributed by atoms with Crippen molar-refractivity contribution in [2.45, 2.75) is 13.8 Å². The number of fused-ring (bicyclic) bond motifs is 1. The molecule has 7 heteroatoms. The lowest BCUT2D eigenvalue weighted by Crippen LogP contribution is -2.49. The first-order valence-electron chi connectivity index (χ1n) is 11.9. The van der Waals surface area contributed by atoms with Crippen LogP contribution in [0.5, 0.6) is 5.75 Å². The van der Waals surface area contributed by atoms with E-state index in [0.29, 0.717) is 12.3 Å². The van der Waals surface area contributed by atoms with Crippen LogP contribution in [0.25, 0.3) is 22.2 Å². The molecule has 1 aliphatic rings. The van der Waals surface area contributed by atoms with Crippen LogP contribution in [0, 0.1) is 13.8 Å². The summed E-state index contributed by atoms with van der Waals surface area (Å²) in [7, 11) is 0. The van der Waals surface area contributed by atoms with Crippen molar-refractivity contribution in [3.05, 3.63) is 78.0 Å². The van der Waals surface area contributed by atoms with Crippen LogP contribution in [0.2, 0.25) is 0 Å². The number of hydrogen-bond acceptors (Lipinski definition) is 6. The number of nitrogens with one attached hydrogen (secondary N) is 1. The predicted molar refractivity (Wildman–Crippen MR) is 140 cm³/mol. The summed E-state index contributed by atoms with van der Waals surface area (Å²) < 4.78 is 0. The minimum absolute atomic E-state index is 0.00220. The fourth-order valence-electron chi connectivity index (χ4n) is 4.52. The van der Waals surface area contributed by atoms with Gasteiger partial charge in [0.05, 0.1) is 23.8 Å². The van der Waals surface area contributed by atoms with Crippen LogP contribution >= 0.6 is 0 Å². The quantitative estimate of drug-likeness (QED) is 0.453. The molecule has 5 rings (SSSR count). The van der Waals surface area contributed by atoms with Crippen molar-refractivity contribution >= 4 is 28.4 Å². The summed E-state index contributed by atoms with van der Waals surface area (Å²) in [4.78, 5) is 26.3. The number of phenols is 1. The lowest BCUT2D eigenvalue weighted by Gasteiger charge is -2.34. The third-order valence-electron chi connectivity index (χ3n) is 6.47. The average Bonchev–Trinajstić information content (AvgIpc) is 2.87. The lowest BCUT2D eigenvalue weighted by atomic mass is 9.99. The number of para-hydroxylation sites is 1. The number of rotatable bonds is 5. The number of hydrogen-bond donors (Lipinski definition) is 2. The van der Waals surface area contributed by atoms with E-state index in [4.69, 9.17) is 4.98 Å². The number of phenolic OH excluding ortho intramolecular Hbond substituents is 1. The SMILES string of the molecule is Cc1cc(-c2ccc3ncc(N4CCN(CC(=O)Nc5ccccc5)CC4)nc3c2)cc(C)c1O. The highest BCUT2D eigenvalue weighted by atomic mass is 16.3. The van der Waals surface area contributed by atoms with E-state index in [-0.39, 0.29) is 5.91 Å². The van der Waals surface area contributed by atoms with E-state index >= 15 is 0 Å². The van der Waals surface area contributed by atoms with Gasteiger partial charge in [0.1, 0.15) is 11.6 Å². The molecular weight excluding hydrogens is 438 g/mol. The summed E-state index contributed by atoms with van der Waals surface area (Å²) in [6.45, 7) is 7.35. The molecule has 35 heavy (non-hydrogen) atoms.